The summed E-state index contributed by atoms with van der Waals surface area (Å²) < 4.78 is 20.6. The van der Waals surface area contributed by atoms with Gasteiger partial charge in [-0.2, -0.15) is 5.10 Å². The van der Waals surface area contributed by atoms with E-state index in [1.165, 1.54) is 17.1 Å². The molecule has 7 nitrogen and oxygen atoms in total. The van der Waals surface area contributed by atoms with Crippen LogP contribution in [0.5, 0.6) is 0 Å². The monoisotopic (exact) mass is 426 g/mol. The zero-order valence-electron chi connectivity index (χ0n) is 17.8. The fourth-order valence-electron chi connectivity index (χ4n) is 3.89. The number of carbonyl (C=O) groups is 2. The van der Waals surface area contributed by atoms with Crippen LogP contribution in [0.2, 0.25) is 0 Å². The van der Waals surface area contributed by atoms with Gasteiger partial charge in [0, 0.05) is 39.2 Å². The Morgan fingerprint density at radius 1 is 1.23 bits per heavy atom. The molecule has 0 bridgehead atoms. The van der Waals surface area contributed by atoms with Crippen LogP contribution in [0.1, 0.15) is 36.6 Å². The maximum absolute atomic E-state index is 13.5. The van der Waals surface area contributed by atoms with Crippen molar-refractivity contribution < 1.29 is 18.7 Å². The molecule has 1 aliphatic heterocycles. The second-order valence-corrected chi connectivity index (χ2v) is 8.09. The molecule has 2 heterocycles. The van der Waals surface area contributed by atoms with E-state index >= 15 is 0 Å². The molecule has 31 heavy (non-hydrogen) atoms. The molecule has 0 N–H and O–H groups in total. The van der Waals surface area contributed by atoms with Crippen LogP contribution in [-0.4, -0.2) is 58.8 Å². The van der Waals surface area contributed by atoms with E-state index in [1.807, 2.05) is 29.9 Å². The number of rotatable bonds is 8. The van der Waals surface area contributed by atoms with E-state index < -0.39 is 0 Å². The summed E-state index contributed by atoms with van der Waals surface area (Å²) in [6.45, 7) is 0.673. The highest BCUT2D eigenvalue weighted by Gasteiger charge is 2.38. The van der Waals surface area contributed by atoms with Gasteiger partial charge in [0.15, 0.2) is 0 Å². The Kier molecular flexibility index (Phi) is 6.18. The van der Waals surface area contributed by atoms with E-state index in [2.05, 4.69) is 5.10 Å². The summed E-state index contributed by atoms with van der Waals surface area (Å²) in [5.74, 6) is -0.583. The number of nitrogens with zero attached hydrogens (tertiary/aromatic N) is 4. The van der Waals surface area contributed by atoms with E-state index in [9.17, 15) is 14.0 Å². The fourth-order valence-corrected chi connectivity index (χ4v) is 3.89. The zero-order chi connectivity index (χ0) is 22.0. The fraction of sp³-hybridized carbons (Fsp3) is 0.435. The van der Waals surface area contributed by atoms with Crippen molar-refractivity contribution in [3.05, 3.63) is 59.7 Å². The Balaban J connectivity index is 1.59. The zero-order valence-corrected chi connectivity index (χ0v) is 17.8. The van der Waals surface area contributed by atoms with E-state index in [1.54, 1.807) is 24.1 Å². The summed E-state index contributed by atoms with van der Waals surface area (Å²) in [5.41, 5.74) is 2.51. The Labute approximate surface area is 181 Å². The topological polar surface area (TPSA) is 67.1 Å². The molecule has 0 saturated heterocycles. The predicted octanol–water partition coefficient (Wildman–Crippen LogP) is 2.73. The van der Waals surface area contributed by atoms with E-state index in [4.69, 9.17) is 4.74 Å². The van der Waals surface area contributed by atoms with Gasteiger partial charge in [0.1, 0.15) is 12.4 Å². The number of aryl methyl sites for hydroxylation is 1. The average Bonchev–Trinajstić information content (AvgIpc) is 3.38. The first kappa shape index (κ1) is 21.2. The molecular formula is C23H27FN4O3. The van der Waals surface area contributed by atoms with Gasteiger partial charge >= 0.3 is 0 Å². The van der Waals surface area contributed by atoms with Gasteiger partial charge in [-0.3, -0.25) is 9.59 Å². The van der Waals surface area contributed by atoms with Crippen LogP contribution in [0.15, 0.2) is 47.7 Å². The molecule has 1 saturated carbocycles. The standard InChI is InChI=1S/C23H27FN4O3/c1-26-11-3-4-20(26)19-14-21(16-7-9-18(24)10-8-16)28(25-19)22(29)15-27(12-13-31-2)23(30)17-5-6-17/h3-4,7-11,17,21H,5-6,12-15H2,1-2H3. The van der Waals surface area contributed by atoms with Crippen molar-refractivity contribution in [3.8, 4) is 0 Å². The van der Waals surface area contributed by atoms with E-state index in [-0.39, 0.29) is 36.1 Å². The third-order valence-corrected chi connectivity index (χ3v) is 5.79. The number of hydrogen-bond acceptors (Lipinski definition) is 4. The van der Waals surface area contributed by atoms with Crippen molar-refractivity contribution in [1.82, 2.24) is 14.5 Å². The summed E-state index contributed by atoms with van der Waals surface area (Å²) in [6, 6.07) is 9.67. The Morgan fingerprint density at radius 2 is 1.97 bits per heavy atom. The van der Waals surface area contributed by atoms with Crippen LogP contribution in [0, 0.1) is 11.7 Å². The molecule has 1 aromatic carbocycles. The second-order valence-electron chi connectivity index (χ2n) is 8.09. The number of aromatic nitrogens is 1. The van der Waals surface area contributed by atoms with Crippen molar-refractivity contribution in [2.45, 2.75) is 25.3 Å². The molecule has 2 aliphatic rings. The third kappa shape index (κ3) is 4.69. The Morgan fingerprint density at radius 3 is 2.58 bits per heavy atom. The lowest BCUT2D eigenvalue weighted by Gasteiger charge is -2.27. The number of ether oxygens (including phenoxy) is 1. The van der Waals surface area contributed by atoms with Gasteiger partial charge in [-0.25, -0.2) is 9.40 Å². The molecule has 0 spiro atoms. The van der Waals surface area contributed by atoms with Crippen molar-refractivity contribution in [2.24, 2.45) is 18.1 Å². The highest BCUT2D eigenvalue weighted by Crippen LogP contribution is 2.34. The highest BCUT2D eigenvalue weighted by atomic mass is 19.1. The molecule has 164 valence electrons. The number of methoxy groups -OCH3 is 1. The van der Waals surface area contributed by atoms with Gasteiger partial charge in [0.05, 0.1) is 24.1 Å². The number of hydrogen-bond donors (Lipinski definition) is 0. The highest BCUT2D eigenvalue weighted by molar-refractivity contribution is 6.02. The largest absolute Gasteiger partial charge is 0.383 e. The summed E-state index contributed by atoms with van der Waals surface area (Å²) in [6.07, 6.45) is 4.18. The molecule has 1 aliphatic carbocycles. The van der Waals surface area contributed by atoms with Gasteiger partial charge in [-0.15, -0.1) is 0 Å². The molecule has 1 aromatic heterocycles. The number of benzene rings is 1. The quantitative estimate of drug-likeness (QED) is 0.652. The van der Waals surface area contributed by atoms with E-state index in [0.717, 1.165) is 29.8 Å². The number of amides is 2. The molecule has 1 fully saturated rings. The van der Waals surface area contributed by atoms with Gasteiger partial charge < -0.3 is 14.2 Å². The molecule has 8 heteroatoms. The van der Waals surface area contributed by atoms with Crippen LogP contribution in [0.4, 0.5) is 4.39 Å². The first-order valence-corrected chi connectivity index (χ1v) is 10.5. The Hall–Kier alpha value is -3.00. The summed E-state index contributed by atoms with van der Waals surface area (Å²) in [5, 5.41) is 6.10. The van der Waals surface area contributed by atoms with Crippen molar-refractivity contribution in [1.29, 1.82) is 0 Å². The van der Waals surface area contributed by atoms with Crippen LogP contribution < -0.4 is 0 Å². The minimum Gasteiger partial charge on any atom is -0.383 e. The van der Waals surface area contributed by atoms with Gasteiger partial charge in [0.2, 0.25) is 5.91 Å². The van der Waals surface area contributed by atoms with Crippen LogP contribution in [0.3, 0.4) is 0 Å². The van der Waals surface area contributed by atoms with E-state index in [0.29, 0.717) is 19.6 Å². The predicted molar refractivity (Wildman–Crippen MR) is 114 cm³/mol. The number of carbonyl (C=O) groups excluding carboxylic acids is 2. The lowest BCUT2D eigenvalue weighted by molar-refractivity contribution is -0.142. The summed E-state index contributed by atoms with van der Waals surface area (Å²) >= 11 is 0. The minimum atomic E-state index is -0.349. The lowest BCUT2D eigenvalue weighted by atomic mass is 10.0. The summed E-state index contributed by atoms with van der Waals surface area (Å²) in [4.78, 5) is 27.6. The van der Waals surface area contributed by atoms with Gasteiger partial charge in [0.25, 0.3) is 5.91 Å². The molecule has 0 radical (unpaired) electrons. The van der Waals surface area contributed by atoms with Gasteiger partial charge in [-0.05, 0) is 42.7 Å². The molecule has 1 atom stereocenters. The molecular weight excluding hydrogens is 399 g/mol. The summed E-state index contributed by atoms with van der Waals surface area (Å²) in [7, 11) is 3.50. The first-order chi connectivity index (χ1) is 15.0. The smallest absolute Gasteiger partial charge is 0.262 e. The third-order valence-electron chi connectivity index (χ3n) is 5.79. The second kappa shape index (κ2) is 9.01. The number of halogens is 1. The normalized spacial score (nSPS) is 18.2. The van der Waals surface area contributed by atoms with Crippen LogP contribution in [0.25, 0.3) is 0 Å². The SMILES string of the molecule is COCCN(CC(=O)N1N=C(c2cccn2C)CC1c1ccc(F)cc1)C(=O)C1CC1. The molecule has 2 aromatic rings. The van der Waals surface area contributed by atoms with Crippen molar-refractivity contribution in [2.75, 3.05) is 26.8 Å². The molecule has 2 amide bonds. The lowest BCUT2D eigenvalue weighted by Crippen LogP contribution is -2.43. The van der Waals surface area contributed by atoms with Crippen LogP contribution >= 0.6 is 0 Å². The molecule has 1 unspecified atom stereocenters. The van der Waals surface area contributed by atoms with Crippen molar-refractivity contribution >= 4 is 17.5 Å². The molecule has 4 rings (SSSR count). The average molecular weight is 426 g/mol. The minimum absolute atomic E-state index is 0.00503. The first-order valence-electron chi connectivity index (χ1n) is 10.5. The van der Waals surface area contributed by atoms with Crippen LogP contribution in [-0.2, 0) is 21.4 Å². The number of hydrazone groups is 1. The maximum Gasteiger partial charge on any atom is 0.262 e. The van der Waals surface area contributed by atoms with Gasteiger partial charge in [-0.1, -0.05) is 12.1 Å². The van der Waals surface area contributed by atoms with Crippen molar-refractivity contribution in [3.63, 3.8) is 0 Å². The Bertz CT molecular complexity index is 981. The maximum atomic E-state index is 13.5.